The quantitative estimate of drug-likeness (QED) is 0.0495. The zero-order chi connectivity index (χ0) is 52.0. The molecule has 18 heteroatoms. The van der Waals surface area contributed by atoms with Gasteiger partial charge in [0.05, 0.1) is 83.1 Å². The largest absolute Gasteiger partial charge is 0.497 e. The predicted octanol–water partition coefficient (Wildman–Crippen LogP) is 7.90. The van der Waals surface area contributed by atoms with Crippen LogP contribution in [0.3, 0.4) is 0 Å². The fraction of sp³-hybridized carbons (Fsp3) is 0.222. The minimum Gasteiger partial charge on any atom is -0.497 e. The zero-order valence-corrected chi connectivity index (χ0v) is 40.4. The van der Waals surface area contributed by atoms with Crippen LogP contribution in [0.15, 0.2) is 146 Å². The van der Waals surface area contributed by atoms with Crippen molar-refractivity contribution in [3.05, 3.63) is 179 Å². The number of ether oxygens (including phenoxy) is 12. The first kappa shape index (κ1) is 53.9. The molecule has 0 fully saturated rings. The van der Waals surface area contributed by atoms with Crippen LogP contribution in [0, 0.1) is 0 Å². The van der Waals surface area contributed by atoms with Crippen LogP contribution in [0.2, 0.25) is 0 Å². The number of methoxy groups -OCH3 is 7. The Morgan fingerprint density at radius 1 is 0.292 bits per heavy atom. The van der Waals surface area contributed by atoms with Crippen LogP contribution in [0.25, 0.3) is 0 Å². The van der Waals surface area contributed by atoms with Gasteiger partial charge in [0.25, 0.3) is 0 Å². The maximum absolute atomic E-state index is 13.9. The van der Waals surface area contributed by atoms with Gasteiger partial charge in [0.2, 0.25) is 0 Å². The lowest BCUT2D eigenvalue weighted by atomic mass is 10.1. The summed E-state index contributed by atoms with van der Waals surface area (Å²) < 4.78 is 64.7. The van der Waals surface area contributed by atoms with Crippen LogP contribution in [-0.4, -0.2) is 117 Å². The molecule has 18 nitrogen and oxygen atoms in total. The van der Waals surface area contributed by atoms with E-state index in [0.29, 0.717) is 34.3 Å². The first-order valence-corrected chi connectivity index (χ1v) is 21.7. The molecule has 376 valence electrons. The summed E-state index contributed by atoms with van der Waals surface area (Å²) in [5.41, 5.74) is 0.850. The highest BCUT2D eigenvalue weighted by Crippen LogP contribution is 2.24. The molecule has 2 atom stereocenters. The van der Waals surface area contributed by atoms with Crippen molar-refractivity contribution >= 4 is 35.8 Å². The summed E-state index contributed by atoms with van der Waals surface area (Å²) in [5, 5.41) is 0. The Hall–Kier alpha value is -9.06. The first-order valence-electron chi connectivity index (χ1n) is 21.7. The molecule has 0 bridgehead atoms. The van der Waals surface area contributed by atoms with Gasteiger partial charge in [-0.3, -0.25) is 0 Å². The minimum absolute atomic E-state index is 0.0201. The van der Waals surface area contributed by atoms with Crippen molar-refractivity contribution in [1.82, 2.24) is 0 Å². The molecule has 0 spiro atoms. The van der Waals surface area contributed by atoms with Gasteiger partial charge < -0.3 is 56.8 Å². The van der Waals surface area contributed by atoms with E-state index in [2.05, 4.69) is 4.74 Å². The summed E-state index contributed by atoms with van der Waals surface area (Å²) in [6.45, 7) is -1.48. The molecule has 0 heterocycles. The number of carbonyl (C=O) groups excluding carboxylic acids is 6. The Labute approximate surface area is 415 Å². The highest BCUT2D eigenvalue weighted by atomic mass is 16.6. The van der Waals surface area contributed by atoms with Crippen LogP contribution in [0.5, 0.6) is 34.5 Å². The molecule has 0 aromatic heterocycles. The van der Waals surface area contributed by atoms with Crippen LogP contribution in [0.1, 0.15) is 62.1 Å². The molecule has 6 rings (SSSR count). The zero-order valence-electron chi connectivity index (χ0n) is 40.4. The van der Waals surface area contributed by atoms with Gasteiger partial charge in [-0.1, -0.05) is 0 Å². The second kappa shape index (κ2) is 27.2. The van der Waals surface area contributed by atoms with E-state index >= 15 is 0 Å². The Bertz CT molecular complexity index is 2570. The van der Waals surface area contributed by atoms with Crippen LogP contribution in [-0.2, 0) is 28.4 Å². The molecule has 0 N–H and O–H groups in total. The van der Waals surface area contributed by atoms with Gasteiger partial charge in [-0.05, 0) is 146 Å². The fourth-order valence-electron chi connectivity index (χ4n) is 6.35. The average Bonchev–Trinajstić information content (AvgIpc) is 3.44. The second-order valence-electron chi connectivity index (χ2n) is 14.8. The van der Waals surface area contributed by atoms with Crippen LogP contribution >= 0.6 is 0 Å². The summed E-state index contributed by atoms with van der Waals surface area (Å²) in [5.74, 6) is -1.85. The van der Waals surface area contributed by atoms with Gasteiger partial charge in [-0.15, -0.1) is 0 Å². The monoisotopic (exact) mass is 988 g/mol. The maximum atomic E-state index is 13.9. The maximum Gasteiger partial charge on any atom is 0.338 e. The van der Waals surface area contributed by atoms with E-state index in [1.165, 1.54) is 140 Å². The smallest absolute Gasteiger partial charge is 0.338 e. The Balaban J connectivity index is 0.000000701. The van der Waals surface area contributed by atoms with E-state index in [1.54, 1.807) is 55.6 Å². The Morgan fingerprint density at radius 2 is 0.500 bits per heavy atom. The van der Waals surface area contributed by atoms with Gasteiger partial charge >= 0.3 is 35.8 Å². The van der Waals surface area contributed by atoms with Crippen molar-refractivity contribution in [1.29, 1.82) is 0 Å². The third kappa shape index (κ3) is 15.5. The molecule has 2 unspecified atom stereocenters. The standard InChI is InChI=1S/C45H42O15.C9H10O3/c1-51-33-16-6-28(7-17-33)41(46)56-26-38(58-43(48)30-10-20-35(53-3)21-11-30)40(60-45(50)32-14-24-37(55-5)25-15-32)39(59-44(49)31-12-22-36(54-4)23-13-31)27-57-42(47)29-8-18-34(52-2)19-9-29;1-11-8-5-3-7(4-6-8)9(10)12-2/h6-25,38-40H,26-27H2,1-5H3;3-6H,1-2H3. The van der Waals surface area contributed by atoms with Gasteiger partial charge in [0, 0.05) is 0 Å². The van der Waals surface area contributed by atoms with Crippen molar-refractivity contribution < 1.29 is 85.6 Å². The van der Waals surface area contributed by atoms with E-state index in [0.717, 1.165) is 5.75 Å². The molecule has 0 amide bonds. The lowest BCUT2D eigenvalue weighted by Crippen LogP contribution is -2.50. The third-order valence-electron chi connectivity index (χ3n) is 10.4. The number of benzene rings is 6. The molecule has 6 aromatic rings. The van der Waals surface area contributed by atoms with Gasteiger partial charge in [0.1, 0.15) is 47.7 Å². The molecule has 0 saturated heterocycles. The molecule has 0 aliphatic carbocycles. The highest BCUT2D eigenvalue weighted by molar-refractivity contribution is 5.93. The van der Waals surface area contributed by atoms with Crippen molar-refractivity contribution in [3.63, 3.8) is 0 Å². The van der Waals surface area contributed by atoms with Gasteiger partial charge in [-0.25, -0.2) is 28.8 Å². The molecule has 0 saturated carbocycles. The fourth-order valence-corrected chi connectivity index (χ4v) is 6.35. The van der Waals surface area contributed by atoms with Crippen molar-refractivity contribution in [3.8, 4) is 34.5 Å². The number of esters is 6. The molecular formula is C54H52O18. The molecule has 72 heavy (non-hydrogen) atoms. The van der Waals surface area contributed by atoms with Crippen LogP contribution in [0.4, 0.5) is 0 Å². The summed E-state index contributed by atoms with van der Waals surface area (Å²) in [6.07, 6.45) is -5.19. The highest BCUT2D eigenvalue weighted by Gasteiger charge is 2.41. The topological polar surface area (TPSA) is 213 Å². The number of hydrogen-bond acceptors (Lipinski definition) is 18. The Kier molecular flexibility index (Phi) is 20.4. The molecule has 0 aliphatic rings. The predicted molar refractivity (Wildman–Crippen MR) is 257 cm³/mol. The van der Waals surface area contributed by atoms with E-state index in [9.17, 15) is 28.8 Å². The van der Waals surface area contributed by atoms with E-state index < -0.39 is 61.4 Å². The summed E-state index contributed by atoms with van der Waals surface area (Å²) in [7, 11) is 10.2. The minimum atomic E-state index is -1.80. The number of carbonyl (C=O) groups is 6. The summed E-state index contributed by atoms with van der Waals surface area (Å²) >= 11 is 0. The lowest BCUT2D eigenvalue weighted by molar-refractivity contribution is -0.112. The summed E-state index contributed by atoms with van der Waals surface area (Å²) in [4.78, 5) is 79.3. The average molecular weight is 989 g/mol. The molecule has 0 radical (unpaired) electrons. The SMILES string of the molecule is COC(=O)c1ccc(OC)cc1.COc1ccc(C(=O)OCC(OC(=O)c2ccc(OC)cc2)C(OC(=O)c2ccc(OC)cc2)C(COC(=O)c2ccc(OC)cc2)OC(=O)c2ccc(OC)cc2)cc1. The lowest BCUT2D eigenvalue weighted by Gasteiger charge is -2.32. The third-order valence-corrected chi connectivity index (χ3v) is 10.4. The molecular weight excluding hydrogens is 937 g/mol. The van der Waals surface area contributed by atoms with Crippen molar-refractivity contribution in [2.24, 2.45) is 0 Å². The first-order chi connectivity index (χ1) is 34.8. The molecule has 6 aromatic carbocycles. The second-order valence-corrected chi connectivity index (χ2v) is 14.8. The number of hydrogen-bond donors (Lipinski definition) is 0. The Morgan fingerprint density at radius 3 is 0.722 bits per heavy atom. The van der Waals surface area contributed by atoms with E-state index in [1.807, 2.05) is 0 Å². The summed E-state index contributed by atoms with van der Waals surface area (Å²) in [6, 6.07) is 36.4. The van der Waals surface area contributed by atoms with Gasteiger partial charge in [-0.2, -0.15) is 0 Å². The normalized spacial score (nSPS) is 11.5. The van der Waals surface area contributed by atoms with Crippen molar-refractivity contribution in [2.75, 3.05) is 63.0 Å². The van der Waals surface area contributed by atoms with E-state index in [-0.39, 0.29) is 33.8 Å². The van der Waals surface area contributed by atoms with Crippen molar-refractivity contribution in [2.45, 2.75) is 18.3 Å². The van der Waals surface area contributed by atoms with Crippen LogP contribution < -0.4 is 28.4 Å². The van der Waals surface area contributed by atoms with Gasteiger partial charge in [0.15, 0.2) is 18.3 Å². The molecule has 0 aliphatic heterocycles. The number of rotatable bonds is 21. The van der Waals surface area contributed by atoms with E-state index in [4.69, 9.17) is 52.1 Å².